The van der Waals surface area contributed by atoms with Crippen molar-refractivity contribution in [2.24, 2.45) is 0 Å². The molecule has 2 rings (SSSR count). The number of hydrogen-bond acceptors (Lipinski definition) is 5. The van der Waals surface area contributed by atoms with Crippen molar-refractivity contribution in [2.45, 2.75) is 19.9 Å². The van der Waals surface area contributed by atoms with Crippen molar-refractivity contribution in [3.05, 3.63) is 42.1 Å². The van der Waals surface area contributed by atoms with E-state index >= 15 is 0 Å². The first-order valence-electron chi connectivity index (χ1n) is 6.80. The maximum atomic E-state index is 11.9. The summed E-state index contributed by atoms with van der Waals surface area (Å²) in [6.45, 7) is 2.58. The van der Waals surface area contributed by atoms with Gasteiger partial charge in [-0.15, -0.1) is 0 Å². The number of ether oxygens (including phenoxy) is 1. The van der Waals surface area contributed by atoms with Crippen LogP contribution in [0.3, 0.4) is 0 Å². The predicted octanol–water partition coefficient (Wildman–Crippen LogP) is 1.97. The Kier molecular flexibility index (Phi) is 5.34. The molecule has 0 unspecified atom stereocenters. The van der Waals surface area contributed by atoms with E-state index in [0.717, 1.165) is 12.2 Å². The van der Waals surface area contributed by atoms with Crippen LogP contribution in [0.2, 0.25) is 0 Å². The summed E-state index contributed by atoms with van der Waals surface area (Å²) >= 11 is 0. The lowest BCUT2D eigenvalue weighted by Gasteiger charge is -2.09. The Morgan fingerprint density at radius 1 is 1.38 bits per heavy atom. The van der Waals surface area contributed by atoms with Crippen molar-refractivity contribution < 1.29 is 13.9 Å². The number of aromatic nitrogens is 1. The fraction of sp³-hybridized carbons (Fsp3) is 0.333. The second kappa shape index (κ2) is 7.44. The molecule has 2 N–H and O–H groups in total. The SMILES string of the molecule is CCc1cnc(CNCC(=O)Nc2ccccc2OC)o1. The zero-order valence-electron chi connectivity index (χ0n) is 12.2. The fourth-order valence-electron chi connectivity index (χ4n) is 1.82. The van der Waals surface area contributed by atoms with Crippen molar-refractivity contribution in [3.63, 3.8) is 0 Å². The van der Waals surface area contributed by atoms with Crippen molar-refractivity contribution in [2.75, 3.05) is 19.0 Å². The Labute approximate surface area is 123 Å². The molecule has 1 aromatic carbocycles. The Morgan fingerprint density at radius 2 is 2.19 bits per heavy atom. The number of oxazole rings is 1. The molecule has 0 bridgehead atoms. The van der Waals surface area contributed by atoms with E-state index in [4.69, 9.17) is 9.15 Å². The van der Waals surface area contributed by atoms with Gasteiger partial charge in [0.2, 0.25) is 11.8 Å². The van der Waals surface area contributed by atoms with Crippen LogP contribution in [0.1, 0.15) is 18.6 Å². The number of rotatable bonds is 7. The molecule has 1 amide bonds. The molecule has 0 saturated carbocycles. The summed E-state index contributed by atoms with van der Waals surface area (Å²) in [5.74, 6) is 1.90. The molecule has 6 nitrogen and oxygen atoms in total. The molecule has 0 aliphatic rings. The summed E-state index contributed by atoms with van der Waals surface area (Å²) in [5, 5.41) is 5.77. The molecule has 6 heteroatoms. The van der Waals surface area contributed by atoms with Crippen LogP contribution < -0.4 is 15.4 Å². The molecule has 2 aromatic rings. The van der Waals surface area contributed by atoms with Crippen LogP contribution >= 0.6 is 0 Å². The maximum Gasteiger partial charge on any atom is 0.238 e. The van der Waals surface area contributed by atoms with Gasteiger partial charge in [-0.1, -0.05) is 19.1 Å². The highest BCUT2D eigenvalue weighted by atomic mass is 16.5. The summed E-state index contributed by atoms with van der Waals surface area (Å²) in [4.78, 5) is 16.0. The number of nitrogens with zero attached hydrogens (tertiary/aromatic N) is 1. The molecule has 0 aliphatic carbocycles. The van der Waals surface area contributed by atoms with E-state index in [1.54, 1.807) is 25.4 Å². The highest BCUT2D eigenvalue weighted by molar-refractivity contribution is 5.93. The Balaban J connectivity index is 1.79. The summed E-state index contributed by atoms with van der Waals surface area (Å²) in [6.07, 6.45) is 2.51. The molecule has 0 aliphatic heterocycles. The number of nitrogens with one attached hydrogen (secondary N) is 2. The van der Waals surface area contributed by atoms with Gasteiger partial charge in [-0.05, 0) is 12.1 Å². The lowest BCUT2D eigenvalue weighted by Crippen LogP contribution is -2.27. The third-order valence-corrected chi connectivity index (χ3v) is 2.89. The van der Waals surface area contributed by atoms with Crippen molar-refractivity contribution in [1.82, 2.24) is 10.3 Å². The van der Waals surface area contributed by atoms with Crippen LogP contribution in [0.4, 0.5) is 5.69 Å². The number of carbonyl (C=O) groups excluding carboxylic acids is 1. The first-order chi connectivity index (χ1) is 10.2. The predicted molar refractivity (Wildman–Crippen MR) is 79.2 cm³/mol. The van der Waals surface area contributed by atoms with Gasteiger partial charge < -0.3 is 14.5 Å². The van der Waals surface area contributed by atoms with Crippen molar-refractivity contribution in [1.29, 1.82) is 0 Å². The molecule has 1 aromatic heterocycles. The van der Waals surface area contributed by atoms with Gasteiger partial charge in [0, 0.05) is 6.42 Å². The highest BCUT2D eigenvalue weighted by Gasteiger charge is 2.07. The minimum Gasteiger partial charge on any atom is -0.495 e. The van der Waals surface area contributed by atoms with E-state index in [0.29, 0.717) is 23.9 Å². The third kappa shape index (κ3) is 4.32. The number of benzene rings is 1. The Bertz CT molecular complexity index is 595. The lowest BCUT2D eigenvalue weighted by molar-refractivity contribution is -0.115. The van der Waals surface area contributed by atoms with E-state index in [1.807, 2.05) is 19.1 Å². The topological polar surface area (TPSA) is 76.4 Å². The molecule has 0 spiro atoms. The average Bonchev–Trinajstić information content (AvgIpc) is 2.96. The number of methoxy groups -OCH3 is 1. The fourth-order valence-corrected chi connectivity index (χ4v) is 1.82. The minimum absolute atomic E-state index is 0.151. The van der Waals surface area contributed by atoms with Crippen LogP contribution in [0.5, 0.6) is 5.75 Å². The highest BCUT2D eigenvalue weighted by Crippen LogP contribution is 2.22. The summed E-state index contributed by atoms with van der Waals surface area (Å²) in [5.41, 5.74) is 0.649. The van der Waals surface area contributed by atoms with Gasteiger partial charge in [0.1, 0.15) is 11.5 Å². The summed E-state index contributed by atoms with van der Waals surface area (Å²) in [7, 11) is 1.57. The van der Waals surface area contributed by atoms with E-state index < -0.39 is 0 Å². The van der Waals surface area contributed by atoms with Crippen LogP contribution in [0, 0.1) is 0 Å². The summed E-state index contributed by atoms with van der Waals surface area (Å²) < 4.78 is 10.6. The Morgan fingerprint density at radius 3 is 2.90 bits per heavy atom. The number of hydrogen-bond donors (Lipinski definition) is 2. The van der Waals surface area contributed by atoms with Crippen molar-refractivity contribution in [3.8, 4) is 5.75 Å². The Hall–Kier alpha value is -2.34. The molecule has 21 heavy (non-hydrogen) atoms. The van der Waals surface area contributed by atoms with Gasteiger partial charge in [0.05, 0.1) is 32.1 Å². The smallest absolute Gasteiger partial charge is 0.238 e. The molecule has 0 saturated heterocycles. The average molecular weight is 289 g/mol. The van der Waals surface area contributed by atoms with E-state index in [9.17, 15) is 4.79 Å². The number of para-hydroxylation sites is 2. The lowest BCUT2D eigenvalue weighted by atomic mass is 10.3. The second-order valence-electron chi connectivity index (χ2n) is 4.43. The standard InChI is InChI=1S/C15H19N3O3/c1-3-11-8-17-15(21-11)10-16-9-14(19)18-12-6-4-5-7-13(12)20-2/h4-8,16H,3,9-10H2,1-2H3,(H,18,19). The van der Waals surface area contributed by atoms with E-state index in [-0.39, 0.29) is 12.5 Å². The molecule has 1 heterocycles. The first kappa shape index (κ1) is 15.1. The van der Waals surface area contributed by atoms with Crippen LogP contribution in [-0.4, -0.2) is 24.5 Å². The second-order valence-corrected chi connectivity index (χ2v) is 4.43. The molecule has 0 atom stereocenters. The largest absolute Gasteiger partial charge is 0.495 e. The van der Waals surface area contributed by atoms with Gasteiger partial charge in [-0.3, -0.25) is 10.1 Å². The maximum absolute atomic E-state index is 11.9. The number of anilines is 1. The monoisotopic (exact) mass is 289 g/mol. The number of aryl methyl sites for hydroxylation is 1. The zero-order valence-corrected chi connectivity index (χ0v) is 12.2. The normalized spacial score (nSPS) is 10.4. The van der Waals surface area contributed by atoms with Gasteiger partial charge in [-0.25, -0.2) is 4.98 Å². The van der Waals surface area contributed by atoms with Gasteiger partial charge in [0.25, 0.3) is 0 Å². The third-order valence-electron chi connectivity index (χ3n) is 2.89. The van der Waals surface area contributed by atoms with Gasteiger partial charge >= 0.3 is 0 Å². The molecular weight excluding hydrogens is 270 g/mol. The molecule has 0 radical (unpaired) electrons. The quantitative estimate of drug-likeness (QED) is 0.815. The number of amides is 1. The molecule has 112 valence electrons. The van der Waals surface area contributed by atoms with Gasteiger partial charge in [0.15, 0.2) is 0 Å². The summed E-state index contributed by atoms with van der Waals surface area (Å²) in [6, 6.07) is 7.27. The molecular formula is C15H19N3O3. The van der Waals surface area contributed by atoms with Crippen LogP contribution in [0.15, 0.2) is 34.9 Å². The zero-order chi connectivity index (χ0) is 15.1. The van der Waals surface area contributed by atoms with E-state index in [2.05, 4.69) is 15.6 Å². The first-order valence-corrected chi connectivity index (χ1v) is 6.80. The van der Waals surface area contributed by atoms with Gasteiger partial charge in [-0.2, -0.15) is 0 Å². The van der Waals surface area contributed by atoms with Crippen LogP contribution in [0.25, 0.3) is 0 Å². The van der Waals surface area contributed by atoms with E-state index in [1.165, 1.54) is 0 Å². The van der Waals surface area contributed by atoms with Crippen molar-refractivity contribution >= 4 is 11.6 Å². The molecule has 0 fully saturated rings. The van der Waals surface area contributed by atoms with Crippen LogP contribution in [-0.2, 0) is 17.8 Å². The minimum atomic E-state index is -0.151. The number of carbonyl (C=O) groups is 1.